The number of fused-ring (bicyclic) bond motifs is 1. The van der Waals surface area contributed by atoms with Gasteiger partial charge in [0, 0.05) is 29.2 Å². The lowest BCUT2D eigenvalue weighted by atomic mass is 9.95. The van der Waals surface area contributed by atoms with Crippen LogP contribution in [0.15, 0.2) is 77.7 Å². The van der Waals surface area contributed by atoms with Crippen molar-refractivity contribution < 1.29 is 19.1 Å². The highest BCUT2D eigenvalue weighted by atomic mass is 35.5. The lowest BCUT2D eigenvalue weighted by molar-refractivity contribution is -0.142. The SMILES string of the molecule is O=C(O)C(Cc1ccc(F)cc1)NC(=O)C1(NSc2cccc(Cl)c2)Cc2ccccc2C1. The van der Waals surface area contributed by atoms with Crippen molar-refractivity contribution in [2.45, 2.75) is 35.7 Å². The third-order valence-corrected chi connectivity index (χ3v) is 6.87. The fourth-order valence-electron chi connectivity index (χ4n) is 3.93. The average Bonchev–Trinajstić information content (AvgIpc) is 3.19. The molecular weight excluding hydrogens is 463 g/mol. The van der Waals surface area contributed by atoms with Gasteiger partial charge in [0.2, 0.25) is 5.91 Å². The normalized spacial score (nSPS) is 15.0. The van der Waals surface area contributed by atoms with Crippen molar-refractivity contribution in [3.05, 3.63) is 100 Å². The van der Waals surface area contributed by atoms with Crippen LogP contribution < -0.4 is 10.0 Å². The van der Waals surface area contributed by atoms with Gasteiger partial charge in [0.15, 0.2) is 0 Å². The van der Waals surface area contributed by atoms with Crippen molar-refractivity contribution in [1.82, 2.24) is 10.0 Å². The standard InChI is InChI=1S/C25H22ClFN2O3S/c26-19-6-3-7-21(13-19)33-29-25(14-17-4-1-2-5-18(17)15-25)24(32)28-22(23(30)31)12-16-8-10-20(27)11-9-16/h1-11,13,22,29H,12,14-15H2,(H,28,32)(H,30,31). The lowest BCUT2D eigenvalue weighted by Gasteiger charge is -2.30. The third-order valence-electron chi connectivity index (χ3n) is 5.65. The molecule has 0 aliphatic heterocycles. The summed E-state index contributed by atoms with van der Waals surface area (Å²) in [6, 6.07) is 19.5. The number of rotatable bonds is 8. The summed E-state index contributed by atoms with van der Waals surface area (Å²) < 4.78 is 16.5. The fourth-order valence-corrected chi connectivity index (χ4v) is 5.07. The lowest BCUT2D eigenvalue weighted by Crippen LogP contribution is -2.59. The molecule has 5 nitrogen and oxygen atoms in total. The minimum absolute atomic E-state index is 0.0474. The third kappa shape index (κ3) is 5.55. The summed E-state index contributed by atoms with van der Waals surface area (Å²) in [6.45, 7) is 0. The van der Waals surface area contributed by atoms with E-state index in [9.17, 15) is 19.1 Å². The predicted molar refractivity (Wildman–Crippen MR) is 127 cm³/mol. The summed E-state index contributed by atoms with van der Waals surface area (Å²) in [4.78, 5) is 26.3. The highest BCUT2D eigenvalue weighted by Gasteiger charge is 2.45. The molecule has 1 aliphatic rings. The number of hydrogen-bond donors (Lipinski definition) is 3. The van der Waals surface area contributed by atoms with E-state index in [4.69, 9.17) is 11.6 Å². The Morgan fingerprint density at radius 1 is 1.03 bits per heavy atom. The average molecular weight is 485 g/mol. The van der Waals surface area contributed by atoms with Crippen molar-refractivity contribution >= 4 is 35.4 Å². The van der Waals surface area contributed by atoms with Gasteiger partial charge in [0.25, 0.3) is 0 Å². The van der Waals surface area contributed by atoms with Crippen LogP contribution in [0, 0.1) is 5.82 Å². The van der Waals surface area contributed by atoms with Gasteiger partial charge in [-0.25, -0.2) is 13.9 Å². The first-order valence-electron chi connectivity index (χ1n) is 10.4. The summed E-state index contributed by atoms with van der Waals surface area (Å²) in [5.74, 6) is -1.96. The molecule has 0 aromatic heterocycles. The van der Waals surface area contributed by atoms with E-state index in [1.807, 2.05) is 36.4 Å². The molecule has 33 heavy (non-hydrogen) atoms. The van der Waals surface area contributed by atoms with Gasteiger partial charge >= 0.3 is 5.97 Å². The number of halogens is 2. The van der Waals surface area contributed by atoms with Crippen LogP contribution in [-0.4, -0.2) is 28.6 Å². The summed E-state index contributed by atoms with van der Waals surface area (Å²) in [5, 5.41) is 13.0. The van der Waals surface area contributed by atoms with E-state index >= 15 is 0 Å². The van der Waals surface area contributed by atoms with Gasteiger partial charge in [-0.3, -0.25) is 4.79 Å². The molecule has 0 bridgehead atoms. The maximum atomic E-state index is 13.5. The second-order valence-electron chi connectivity index (χ2n) is 8.06. The zero-order valence-corrected chi connectivity index (χ0v) is 19.1. The smallest absolute Gasteiger partial charge is 0.326 e. The second kappa shape index (κ2) is 9.95. The first-order valence-corrected chi connectivity index (χ1v) is 11.6. The van der Waals surface area contributed by atoms with E-state index < -0.39 is 29.3 Å². The molecule has 4 rings (SSSR count). The molecule has 0 radical (unpaired) electrons. The summed E-state index contributed by atoms with van der Waals surface area (Å²) in [7, 11) is 0. The minimum Gasteiger partial charge on any atom is -0.480 e. The molecule has 1 atom stereocenters. The molecular formula is C25H22ClFN2O3S. The summed E-state index contributed by atoms with van der Waals surface area (Å²) in [5.41, 5.74) is 1.66. The Bertz CT molecular complexity index is 1150. The van der Waals surface area contributed by atoms with Crippen LogP contribution >= 0.6 is 23.5 Å². The quantitative estimate of drug-likeness (QED) is 0.412. The zero-order chi connectivity index (χ0) is 23.4. The van der Waals surface area contributed by atoms with Crippen LogP contribution in [0.3, 0.4) is 0 Å². The van der Waals surface area contributed by atoms with Gasteiger partial charge in [-0.1, -0.05) is 54.1 Å². The number of amides is 1. The molecule has 3 aromatic carbocycles. The summed E-state index contributed by atoms with van der Waals surface area (Å²) >= 11 is 7.38. The van der Waals surface area contributed by atoms with Gasteiger partial charge in [0.1, 0.15) is 17.4 Å². The van der Waals surface area contributed by atoms with Crippen molar-refractivity contribution in [3.63, 3.8) is 0 Å². The van der Waals surface area contributed by atoms with E-state index in [-0.39, 0.29) is 6.42 Å². The molecule has 0 saturated carbocycles. The van der Waals surface area contributed by atoms with E-state index in [2.05, 4.69) is 10.0 Å². The molecule has 3 aromatic rings. The second-order valence-corrected chi connectivity index (χ2v) is 9.38. The number of aliphatic carboxylic acids is 1. The van der Waals surface area contributed by atoms with Crippen molar-refractivity contribution in [3.8, 4) is 0 Å². The Morgan fingerprint density at radius 3 is 2.30 bits per heavy atom. The predicted octanol–water partition coefficient (Wildman–Crippen LogP) is 4.43. The number of carbonyl (C=O) groups is 2. The Morgan fingerprint density at radius 2 is 1.70 bits per heavy atom. The Balaban J connectivity index is 1.55. The zero-order valence-electron chi connectivity index (χ0n) is 17.6. The molecule has 8 heteroatoms. The van der Waals surface area contributed by atoms with Gasteiger partial charge in [-0.05, 0) is 59.0 Å². The first kappa shape index (κ1) is 23.3. The minimum atomic E-state index is -1.15. The number of carbonyl (C=O) groups excluding carboxylic acids is 1. The topological polar surface area (TPSA) is 78.4 Å². The van der Waals surface area contributed by atoms with E-state index in [0.717, 1.165) is 16.0 Å². The molecule has 0 saturated heterocycles. The molecule has 1 aliphatic carbocycles. The van der Waals surface area contributed by atoms with Crippen molar-refractivity contribution in [2.75, 3.05) is 0 Å². The van der Waals surface area contributed by atoms with Gasteiger partial charge in [0.05, 0.1) is 0 Å². The van der Waals surface area contributed by atoms with Gasteiger partial charge < -0.3 is 10.4 Å². The molecule has 3 N–H and O–H groups in total. The van der Waals surface area contributed by atoms with Crippen LogP contribution in [0.25, 0.3) is 0 Å². The van der Waals surface area contributed by atoms with Crippen LogP contribution in [0.5, 0.6) is 0 Å². The molecule has 1 amide bonds. The first-order chi connectivity index (χ1) is 15.8. The number of benzene rings is 3. The molecule has 0 fully saturated rings. The van der Waals surface area contributed by atoms with E-state index in [1.54, 1.807) is 12.1 Å². The van der Waals surface area contributed by atoms with Crippen LogP contribution in [-0.2, 0) is 28.9 Å². The number of hydrogen-bond acceptors (Lipinski definition) is 4. The van der Waals surface area contributed by atoms with Crippen molar-refractivity contribution in [2.24, 2.45) is 0 Å². The maximum Gasteiger partial charge on any atom is 0.326 e. The maximum absolute atomic E-state index is 13.5. The Kier molecular flexibility index (Phi) is 7.02. The van der Waals surface area contributed by atoms with Gasteiger partial charge in [-0.15, -0.1) is 0 Å². The Hall–Kier alpha value is -2.87. The largest absolute Gasteiger partial charge is 0.480 e. The van der Waals surface area contributed by atoms with Crippen molar-refractivity contribution in [1.29, 1.82) is 0 Å². The van der Waals surface area contributed by atoms with E-state index in [0.29, 0.717) is 23.4 Å². The Labute approximate surface area is 200 Å². The number of carboxylic acid groups (broad SMARTS) is 1. The van der Waals surface area contributed by atoms with E-state index in [1.165, 1.54) is 36.2 Å². The number of carboxylic acids is 1. The molecule has 0 heterocycles. The van der Waals surface area contributed by atoms with Crippen LogP contribution in [0.4, 0.5) is 4.39 Å². The van der Waals surface area contributed by atoms with Crippen LogP contribution in [0.1, 0.15) is 16.7 Å². The monoisotopic (exact) mass is 484 g/mol. The highest BCUT2D eigenvalue weighted by molar-refractivity contribution is 7.97. The highest BCUT2D eigenvalue weighted by Crippen LogP contribution is 2.34. The number of nitrogens with one attached hydrogen (secondary N) is 2. The van der Waals surface area contributed by atoms with Gasteiger partial charge in [-0.2, -0.15) is 0 Å². The molecule has 0 spiro atoms. The fraction of sp³-hybridized carbons (Fsp3) is 0.200. The molecule has 1 unspecified atom stereocenters. The molecule has 170 valence electrons. The van der Waals surface area contributed by atoms with Crippen LogP contribution in [0.2, 0.25) is 5.02 Å². The summed E-state index contributed by atoms with van der Waals surface area (Å²) in [6.07, 6.45) is 0.892.